The van der Waals surface area contributed by atoms with E-state index in [2.05, 4.69) is 18.4 Å². The number of nitrogens with two attached hydrogens (primary N) is 1. The minimum Gasteiger partial charge on any atom is -0.495 e. The third kappa shape index (κ3) is 1.24. The van der Waals surface area contributed by atoms with Crippen LogP contribution in [-0.4, -0.2) is 7.11 Å². The van der Waals surface area contributed by atoms with Gasteiger partial charge >= 0.3 is 0 Å². The van der Waals surface area contributed by atoms with Crippen LogP contribution in [0.3, 0.4) is 0 Å². The number of fused-ring (bicyclic) bond motifs is 1. The van der Waals surface area contributed by atoms with E-state index in [0.29, 0.717) is 0 Å². The average Bonchev–Trinajstić information content (AvgIpc) is 2.62. The van der Waals surface area contributed by atoms with Gasteiger partial charge < -0.3 is 10.5 Å². The molecule has 2 rings (SSSR count). The van der Waals surface area contributed by atoms with Gasteiger partial charge in [0, 0.05) is 11.3 Å². The SMILES string of the molecule is CCc1c(N)cc2ccsc2c1OC. The maximum absolute atomic E-state index is 5.96. The lowest BCUT2D eigenvalue weighted by Crippen LogP contribution is -1.97. The number of ether oxygens (including phenoxy) is 1. The lowest BCUT2D eigenvalue weighted by Gasteiger charge is -2.10. The number of thiophene rings is 1. The second kappa shape index (κ2) is 3.50. The highest BCUT2D eigenvalue weighted by Crippen LogP contribution is 2.37. The lowest BCUT2D eigenvalue weighted by atomic mass is 10.1. The zero-order valence-corrected chi connectivity index (χ0v) is 9.15. The Bertz CT molecular complexity index is 462. The van der Waals surface area contributed by atoms with E-state index in [-0.39, 0.29) is 0 Å². The van der Waals surface area contributed by atoms with Gasteiger partial charge in [-0.1, -0.05) is 6.92 Å². The summed E-state index contributed by atoms with van der Waals surface area (Å²) < 4.78 is 6.61. The van der Waals surface area contributed by atoms with Gasteiger partial charge in [0.1, 0.15) is 5.75 Å². The van der Waals surface area contributed by atoms with Gasteiger partial charge in [0.2, 0.25) is 0 Å². The standard InChI is InChI=1S/C11H13NOS/c1-3-8-9(12)6-7-4-5-14-11(7)10(8)13-2/h4-6H,3,12H2,1-2H3. The van der Waals surface area contributed by atoms with Gasteiger partial charge in [-0.3, -0.25) is 0 Å². The first-order valence-corrected chi connectivity index (χ1v) is 5.48. The predicted octanol–water partition coefficient (Wildman–Crippen LogP) is 3.05. The Hall–Kier alpha value is -1.22. The summed E-state index contributed by atoms with van der Waals surface area (Å²) in [5, 5.41) is 3.23. The molecular weight excluding hydrogens is 194 g/mol. The Morgan fingerprint density at radius 1 is 1.50 bits per heavy atom. The molecule has 0 saturated carbocycles. The van der Waals surface area contributed by atoms with Crippen LogP contribution < -0.4 is 10.5 Å². The highest BCUT2D eigenvalue weighted by molar-refractivity contribution is 7.17. The van der Waals surface area contributed by atoms with Crippen LogP contribution in [0.4, 0.5) is 5.69 Å². The molecule has 2 aromatic rings. The van der Waals surface area contributed by atoms with Gasteiger partial charge in [0.15, 0.2) is 0 Å². The summed E-state index contributed by atoms with van der Waals surface area (Å²) in [5.74, 6) is 0.942. The summed E-state index contributed by atoms with van der Waals surface area (Å²) in [7, 11) is 1.70. The number of hydrogen-bond acceptors (Lipinski definition) is 3. The van der Waals surface area contributed by atoms with Gasteiger partial charge in [-0.25, -0.2) is 0 Å². The number of rotatable bonds is 2. The molecule has 0 bridgehead atoms. The van der Waals surface area contributed by atoms with E-state index < -0.39 is 0 Å². The van der Waals surface area contributed by atoms with Crippen molar-refractivity contribution < 1.29 is 4.74 Å². The van der Waals surface area contributed by atoms with E-state index >= 15 is 0 Å². The van der Waals surface area contributed by atoms with Crippen molar-refractivity contribution in [3.05, 3.63) is 23.1 Å². The Kier molecular flexibility index (Phi) is 2.33. The largest absolute Gasteiger partial charge is 0.495 e. The quantitative estimate of drug-likeness (QED) is 0.768. The molecule has 0 radical (unpaired) electrons. The van der Waals surface area contributed by atoms with Crippen molar-refractivity contribution in [1.29, 1.82) is 0 Å². The number of nitrogen functional groups attached to an aromatic ring is 1. The fraction of sp³-hybridized carbons (Fsp3) is 0.273. The van der Waals surface area contributed by atoms with Crippen molar-refractivity contribution in [3.63, 3.8) is 0 Å². The molecule has 0 spiro atoms. The van der Waals surface area contributed by atoms with Crippen molar-refractivity contribution in [2.45, 2.75) is 13.3 Å². The molecule has 1 heterocycles. The van der Waals surface area contributed by atoms with Crippen molar-refractivity contribution in [2.24, 2.45) is 0 Å². The first-order valence-electron chi connectivity index (χ1n) is 4.60. The fourth-order valence-corrected chi connectivity index (χ4v) is 2.65. The molecule has 0 saturated heterocycles. The fourth-order valence-electron chi connectivity index (χ4n) is 1.72. The first kappa shape index (κ1) is 9.34. The minimum absolute atomic E-state index is 0.829. The lowest BCUT2D eigenvalue weighted by molar-refractivity contribution is 0.416. The van der Waals surface area contributed by atoms with Gasteiger partial charge in [-0.2, -0.15) is 0 Å². The van der Waals surface area contributed by atoms with Gasteiger partial charge in [-0.05, 0) is 29.3 Å². The minimum atomic E-state index is 0.829. The maximum atomic E-state index is 5.96. The van der Waals surface area contributed by atoms with E-state index in [0.717, 1.165) is 23.4 Å². The molecular formula is C11H13NOS. The maximum Gasteiger partial charge on any atom is 0.141 e. The van der Waals surface area contributed by atoms with Crippen molar-refractivity contribution >= 4 is 27.1 Å². The van der Waals surface area contributed by atoms with Crippen molar-refractivity contribution in [2.75, 3.05) is 12.8 Å². The Morgan fingerprint density at radius 3 is 2.93 bits per heavy atom. The third-order valence-electron chi connectivity index (χ3n) is 2.39. The average molecular weight is 207 g/mol. The van der Waals surface area contributed by atoms with Crippen LogP contribution in [0.1, 0.15) is 12.5 Å². The monoisotopic (exact) mass is 207 g/mol. The second-order valence-electron chi connectivity index (χ2n) is 3.17. The Morgan fingerprint density at radius 2 is 2.29 bits per heavy atom. The zero-order chi connectivity index (χ0) is 10.1. The number of methoxy groups -OCH3 is 1. The highest BCUT2D eigenvalue weighted by atomic mass is 32.1. The van der Waals surface area contributed by atoms with E-state index in [9.17, 15) is 0 Å². The molecule has 0 amide bonds. The van der Waals surface area contributed by atoms with Crippen LogP contribution in [0.15, 0.2) is 17.5 Å². The van der Waals surface area contributed by atoms with Crippen molar-refractivity contribution in [3.8, 4) is 5.75 Å². The number of hydrogen-bond donors (Lipinski definition) is 1. The van der Waals surface area contributed by atoms with Crippen LogP contribution in [0.25, 0.3) is 10.1 Å². The predicted molar refractivity (Wildman–Crippen MR) is 62.2 cm³/mol. The molecule has 0 fully saturated rings. The van der Waals surface area contributed by atoms with E-state index in [1.54, 1.807) is 18.4 Å². The molecule has 2 nitrogen and oxygen atoms in total. The van der Waals surface area contributed by atoms with Crippen LogP contribution >= 0.6 is 11.3 Å². The summed E-state index contributed by atoms with van der Waals surface area (Å²) in [6, 6.07) is 4.09. The molecule has 14 heavy (non-hydrogen) atoms. The molecule has 74 valence electrons. The van der Waals surface area contributed by atoms with Gasteiger partial charge in [0.25, 0.3) is 0 Å². The van der Waals surface area contributed by atoms with Gasteiger partial charge in [0.05, 0.1) is 11.8 Å². The highest BCUT2D eigenvalue weighted by Gasteiger charge is 2.11. The summed E-state index contributed by atoms with van der Waals surface area (Å²) in [6.45, 7) is 2.09. The normalized spacial score (nSPS) is 10.7. The molecule has 0 aliphatic heterocycles. The molecule has 0 atom stereocenters. The zero-order valence-electron chi connectivity index (χ0n) is 8.33. The van der Waals surface area contributed by atoms with Crippen molar-refractivity contribution in [1.82, 2.24) is 0 Å². The Labute approximate surface area is 87.3 Å². The molecule has 0 unspecified atom stereocenters. The number of anilines is 1. The van der Waals surface area contributed by atoms with Crippen LogP contribution in [0, 0.1) is 0 Å². The molecule has 1 aromatic carbocycles. The van der Waals surface area contributed by atoms with Crippen LogP contribution in [0.5, 0.6) is 5.75 Å². The number of benzene rings is 1. The summed E-state index contributed by atoms with van der Waals surface area (Å²) in [4.78, 5) is 0. The smallest absolute Gasteiger partial charge is 0.141 e. The first-order chi connectivity index (χ1) is 6.77. The summed E-state index contributed by atoms with van der Waals surface area (Å²) in [6.07, 6.45) is 0.906. The molecule has 0 aliphatic carbocycles. The van der Waals surface area contributed by atoms with Crippen LogP contribution in [-0.2, 0) is 6.42 Å². The van der Waals surface area contributed by atoms with E-state index in [4.69, 9.17) is 10.5 Å². The van der Waals surface area contributed by atoms with E-state index in [1.165, 1.54) is 10.1 Å². The summed E-state index contributed by atoms with van der Waals surface area (Å²) >= 11 is 1.70. The van der Waals surface area contributed by atoms with E-state index in [1.807, 2.05) is 6.07 Å². The molecule has 0 aliphatic rings. The van der Waals surface area contributed by atoms with Crippen LogP contribution in [0.2, 0.25) is 0 Å². The van der Waals surface area contributed by atoms with Gasteiger partial charge in [-0.15, -0.1) is 11.3 Å². The Balaban J connectivity index is 2.82. The topological polar surface area (TPSA) is 35.2 Å². The third-order valence-corrected chi connectivity index (χ3v) is 3.32. The molecule has 1 aromatic heterocycles. The summed E-state index contributed by atoms with van der Waals surface area (Å²) in [5.41, 5.74) is 7.90. The molecule has 3 heteroatoms. The second-order valence-corrected chi connectivity index (χ2v) is 4.09. The molecule has 2 N–H and O–H groups in total.